The number of rotatable bonds is 4. The SMILES string of the molecule is CC1=NN(c2ccc(Br)cc2)C(=O)/C1=C\c1ccc(-c2ccccc2C(=O)O)o1. The van der Waals surface area contributed by atoms with E-state index in [1.54, 1.807) is 55.5 Å². The molecule has 0 bridgehead atoms. The zero-order valence-corrected chi connectivity index (χ0v) is 16.9. The van der Waals surface area contributed by atoms with Gasteiger partial charge in [-0.1, -0.05) is 34.1 Å². The van der Waals surface area contributed by atoms with Gasteiger partial charge in [-0.25, -0.2) is 4.79 Å². The molecule has 0 fully saturated rings. The molecule has 3 aromatic rings. The van der Waals surface area contributed by atoms with Crippen LogP contribution in [0.2, 0.25) is 0 Å². The molecule has 1 aliphatic heterocycles. The summed E-state index contributed by atoms with van der Waals surface area (Å²) in [4.78, 5) is 24.3. The van der Waals surface area contributed by atoms with Gasteiger partial charge < -0.3 is 9.52 Å². The molecule has 0 saturated carbocycles. The van der Waals surface area contributed by atoms with Crippen LogP contribution in [0, 0.1) is 0 Å². The van der Waals surface area contributed by atoms with Gasteiger partial charge in [0.15, 0.2) is 0 Å². The minimum Gasteiger partial charge on any atom is -0.478 e. The molecule has 0 unspecified atom stereocenters. The zero-order chi connectivity index (χ0) is 20.5. The van der Waals surface area contributed by atoms with Gasteiger partial charge in [0, 0.05) is 10.0 Å². The highest BCUT2D eigenvalue weighted by Crippen LogP contribution is 2.29. The number of amides is 1. The third-order valence-corrected chi connectivity index (χ3v) is 5.00. The first-order valence-electron chi connectivity index (χ1n) is 8.74. The molecule has 6 nitrogen and oxygen atoms in total. The Morgan fingerprint density at radius 1 is 1.10 bits per heavy atom. The molecule has 4 rings (SSSR count). The molecule has 1 aromatic heterocycles. The van der Waals surface area contributed by atoms with E-state index in [4.69, 9.17) is 4.42 Å². The van der Waals surface area contributed by atoms with Crippen LogP contribution in [-0.2, 0) is 4.79 Å². The molecule has 0 aliphatic carbocycles. The highest BCUT2D eigenvalue weighted by Gasteiger charge is 2.29. The van der Waals surface area contributed by atoms with Crippen molar-refractivity contribution in [3.05, 3.63) is 82.0 Å². The number of carbonyl (C=O) groups is 2. The number of nitrogens with zero attached hydrogens (tertiary/aromatic N) is 2. The number of hydrogen-bond acceptors (Lipinski definition) is 4. The molecule has 0 atom stereocenters. The van der Waals surface area contributed by atoms with Crippen LogP contribution in [0.25, 0.3) is 17.4 Å². The number of anilines is 1. The summed E-state index contributed by atoms with van der Waals surface area (Å²) in [6.07, 6.45) is 1.62. The van der Waals surface area contributed by atoms with Crippen LogP contribution in [-0.4, -0.2) is 22.7 Å². The highest BCUT2D eigenvalue weighted by atomic mass is 79.9. The molecule has 2 aromatic carbocycles. The number of carboxylic acid groups (broad SMARTS) is 1. The predicted molar refractivity (Wildman–Crippen MR) is 114 cm³/mol. The third-order valence-electron chi connectivity index (χ3n) is 4.47. The van der Waals surface area contributed by atoms with Crippen LogP contribution in [0.5, 0.6) is 0 Å². The van der Waals surface area contributed by atoms with Crippen molar-refractivity contribution in [1.29, 1.82) is 0 Å². The molecule has 1 amide bonds. The Balaban J connectivity index is 1.65. The summed E-state index contributed by atoms with van der Waals surface area (Å²) in [6.45, 7) is 1.76. The fourth-order valence-corrected chi connectivity index (χ4v) is 3.31. The first-order chi connectivity index (χ1) is 13.9. The number of furan rings is 1. The molecule has 1 N–H and O–H groups in total. The lowest BCUT2D eigenvalue weighted by Crippen LogP contribution is -2.21. The van der Waals surface area contributed by atoms with E-state index in [0.717, 1.165) is 4.47 Å². The summed E-state index contributed by atoms with van der Waals surface area (Å²) >= 11 is 3.37. The van der Waals surface area contributed by atoms with Gasteiger partial charge in [0.1, 0.15) is 11.5 Å². The van der Waals surface area contributed by atoms with Gasteiger partial charge in [-0.3, -0.25) is 4.79 Å². The van der Waals surface area contributed by atoms with E-state index in [0.29, 0.717) is 34.1 Å². The standard InChI is InChI=1S/C22H15BrN2O4/c1-13-19(21(26)25(24-13)15-8-6-14(23)7-9-15)12-16-10-11-20(29-16)17-4-2-3-5-18(17)22(27)28/h2-12H,1H3,(H,27,28)/b19-12-. The zero-order valence-electron chi connectivity index (χ0n) is 15.3. The first-order valence-corrected chi connectivity index (χ1v) is 9.53. The van der Waals surface area contributed by atoms with Gasteiger partial charge in [-0.05, 0) is 55.5 Å². The fourth-order valence-electron chi connectivity index (χ4n) is 3.04. The Bertz CT molecular complexity index is 1180. The molecular formula is C22H15BrN2O4. The predicted octanol–water partition coefficient (Wildman–Crippen LogP) is 5.21. The van der Waals surface area contributed by atoms with Crippen LogP contribution in [0.4, 0.5) is 5.69 Å². The van der Waals surface area contributed by atoms with Gasteiger partial charge >= 0.3 is 5.97 Å². The number of aromatic carboxylic acids is 1. The Hall–Kier alpha value is -3.45. The van der Waals surface area contributed by atoms with Crippen molar-refractivity contribution in [1.82, 2.24) is 0 Å². The minimum atomic E-state index is -1.03. The van der Waals surface area contributed by atoms with Gasteiger partial charge in [-0.2, -0.15) is 10.1 Å². The van der Waals surface area contributed by atoms with Crippen molar-refractivity contribution in [2.75, 3.05) is 5.01 Å². The highest BCUT2D eigenvalue weighted by molar-refractivity contribution is 9.10. The molecule has 2 heterocycles. The van der Waals surface area contributed by atoms with Crippen LogP contribution in [0.3, 0.4) is 0 Å². The number of carboxylic acids is 1. The summed E-state index contributed by atoms with van der Waals surface area (Å²) in [5.41, 5.74) is 2.28. The quantitative estimate of drug-likeness (QED) is 0.552. The van der Waals surface area contributed by atoms with E-state index in [9.17, 15) is 14.7 Å². The number of benzene rings is 2. The van der Waals surface area contributed by atoms with Crippen molar-refractivity contribution in [2.24, 2.45) is 5.10 Å². The molecule has 0 spiro atoms. The van der Waals surface area contributed by atoms with Gasteiger partial charge in [0.25, 0.3) is 5.91 Å². The smallest absolute Gasteiger partial charge is 0.336 e. The maximum Gasteiger partial charge on any atom is 0.336 e. The van der Waals surface area contributed by atoms with Crippen LogP contribution in [0.15, 0.2) is 80.2 Å². The molecule has 1 aliphatic rings. The minimum absolute atomic E-state index is 0.150. The topological polar surface area (TPSA) is 83.1 Å². The van der Waals surface area contributed by atoms with E-state index < -0.39 is 5.97 Å². The molecule has 144 valence electrons. The van der Waals surface area contributed by atoms with Gasteiger partial charge in [0.2, 0.25) is 0 Å². The Morgan fingerprint density at radius 2 is 1.83 bits per heavy atom. The lowest BCUT2D eigenvalue weighted by molar-refractivity contribution is -0.114. The maximum atomic E-state index is 12.8. The van der Waals surface area contributed by atoms with Gasteiger partial charge in [-0.15, -0.1) is 0 Å². The summed E-state index contributed by atoms with van der Waals surface area (Å²) in [5, 5.41) is 15.1. The van der Waals surface area contributed by atoms with E-state index in [1.165, 1.54) is 11.1 Å². The van der Waals surface area contributed by atoms with Crippen LogP contribution in [0.1, 0.15) is 23.0 Å². The Morgan fingerprint density at radius 3 is 2.55 bits per heavy atom. The molecular weight excluding hydrogens is 436 g/mol. The lowest BCUT2D eigenvalue weighted by Gasteiger charge is -2.11. The van der Waals surface area contributed by atoms with Gasteiger partial charge in [0.05, 0.1) is 22.5 Å². The van der Waals surface area contributed by atoms with Crippen molar-refractivity contribution in [2.45, 2.75) is 6.92 Å². The van der Waals surface area contributed by atoms with E-state index in [1.807, 2.05) is 12.1 Å². The van der Waals surface area contributed by atoms with E-state index >= 15 is 0 Å². The summed E-state index contributed by atoms with van der Waals surface area (Å²) in [5.74, 6) is -0.430. The number of halogens is 1. The van der Waals surface area contributed by atoms with E-state index in [-0.39, 0.29) is 11.5 Å². The van der Waals surface area contributed by atoms with E-state index in [2.05, 4.69) is 21.0 Å². The number of carbonyl (C=O) groups excluding carboxylic acids is 1. The first kappa shape index (κ1) is 18.9. The lowest BCUT2D eigenvalue weighted by atomic mass is 10.1. The average molecular weight is 451 g/mol. The largest absolute Gasteiger partial charge is 0.478 e. The monoisotopic (exact) mass is 450 g/mol. The van der Waals surface area contributed by atoms with Crippen molar-refractivity contribution < 1.29 is 19.1 Å². The Kier molecular flexibility index (Phi) is 4.90. The number of hydrogen-bond donors (Lipinski definition) is 1. The summed E-state index contributed by atoms with van der Waals surface area (Å²) < 4.78 is 6.72. The van der Waals surface area contributed by atoms with Crippen molar-refractivity contribution >= 4 is 45.3 Å². The fraction of sp³-hybridized carbons (Fsp3) is 0.0455. The Labute approximate surface area is 174 Å². The summed E-state index contributed by atoms with van der Waals surface area (Å²) in [7, 11) is 0. The maximum absolute atomic E-state index is 12.8. The van der Waals surface area contributed by atoms with Crippen LogP contribution < -0.4 is 5.01 Å². The number of hydrazone groups is 1. The molecule has 0 radical (unpaired) electrons. The second kappa shape index (κ2) is 7.52. The molecule has 29 heavy (non-hydrogen) atoms. The summed E-state index contributed by atoms with van der Waals surface area (Å²) in [6, 6.07) is 17.3. The second-order valence-electron chi connectivity index (χ2n) is 6.39. The molecule has 0 saturated heterocycles. The normalized spacial score (nSPS) is 15.1. The van der Waals surface area contributed by atoms with Crippen molar-refractivity contribution in [3.8, 4) is 11.3 Å². The average Bonchev–Trinajstić information content (AvgIpc) is 3.29. The third kappa shape index (κ3) is 3.64. The second-order valence-corrected chi connectivity index (χ2v) is 7.31. The molecule has 7 heteroatoms. The van der Waals surface area contributed by atoms with Crippen molar-refractivity contribution in [3.63, 3.8) is 0 Å². The van der Waals surface area contributed by atoms with Crippen LogP contribution >= 0.6 is 15.9 Å².